The maximum atomic E-state index is 11.1. The van der Waals surface area contributed by atoms with Gasteiger partial charge in [-0.1, -0.05) is 6.92 Å². The lowest BCUT2D eigenvalue weighted by molar-refractivity contribution is 0.0104. The molecule has 0 aromatic heterocycles. The zero-order valence-electron chi connectivity index (χ0n) is 9.16. The second-order valence-corrected chi connectivity index (χ2v) is 3.47. The fourth-order valence-corrected chi connectivity index (χ4v) is 1.50. The molecule has 0 saturated heterocycles. The fraction of sp³-hybridized carbons (Fsp3) is 0.182. The smallest absolute Gasteiger partial charge is 0.368 e. The van der Waals surface area contributed by atoms with E-state index in [1.54, 1.807) is 0 Å². The van der Waals surface area contributed by atoms with Crippen molar-refractivity contribution >= 4 is 17.5 Å². The Morgan fingerprint density at radius 1 is 1.35 bits per heavy atom. The van der Waals surface area contributed by atoms with Crippen LogP contribution in [0.3, 0.4) is 0 Å². The van der Waals surface area contributed by atoms with Gasteiger partial charge in [-0.25, -0.2) is 9.86 Å². The highest BCUT2D eigenvalue weighted by molar-refractivity contribution is 6.52. The van der Waals surface area contributed by atoms with E-state index >= 15 is 0 Å². The number of aliphatic hydroxyl groups excluding tert-OH is 1. The Morgan fingerprint density at radius 3 is 2.59 bits per heavy atom. The monoisotopic (exact) mass is 233 g/mol. The second kappa shape index (κ2) is 4.34. The first-order valence-electron chi connectivity index (χ1n) is 5.09. The Kier molecular flexibility index (Phi) is 2.88. The number of hydrogen-bond donors (Lipinski definition) is 2. The molecule has 0 aromatic carbocycles. The Bertz CT molecular complexity index is 496. The van der Waals surface area contributed by atoms with E-state index in [-0.39, 0.29) is 11.5 Å². The van der Waals surface area contributed by atoms with E-state index in [9.17, 15) is 9.90 Å². The molecule has 2 amide bonds. The molecular weight excluding hydrogens is 222 g/mol. The van der Waals surface area contributed by atoms with Crippen molar-refractivity contribution in [1.29, 1.82) is 0 Å². The summed E-state index contributed by atoms with van der Waals surface area (Å²) in [5.41, 5.74) is 1.13. The molecule has 2 N–H and O–H groups in total. The lowest BCUT2D eigenvalue weighted by atomic mass is 10.1. The van der Waals surface area contributed by atoms with Crippen LogP contribution in [0, 0.1) is 0 Å². The molecule has 0 aromatic rings. The molecule has 17 heavy (non-hydrogen) atoms. The average molecular weight is 233 g/mol. The fourth-order valence-electron chi connectivity index (χ4n) is 1.50. The summed E-state index contributed by atoms with van der Waals surface area (Å²) < 4.78 is 0. The van der Waals surface area contributed by atoms with E-state index in [4.69, 9.17) is 5.21 Å². The summed E-state index contributed by atoms with van der Waals surface area (Å²) in [6, 6.07) is -0.600. The first kappa shape index (κ1) is 11.3. The molecule has 0 aliphatic carbocycles. The summed E-state index contributed by atoms with van der Waals surface area (Å²) in [6.07, 6.45) is 6.26. The van der Waals surface area contributed by atoms with Crippen molar-refractivity contribution in [3.63, 3.8) is 0 Å². The van der Waals surface area contributed by atoms with Gasteiger partial charge in [-0.05, 0) is 18.6 Å². The Morgan fingerprint density at radius 2 is 2.00 bits per heavy atom. The number of hydrogen-bond acceptors (Lipinski definition) is 4. The lowest BCUT2D eigenvalue weighted by Gasteiger charge is -2.11. The molecule has 6 heteroatoms. The van der Waals surface area contributed by atoms with E-state index in [1.807, 2.05) is 6.92 Å². The number of carbonyl (C=O) groups excluding carboxylic acids is 1. The molecule has 0 radical (unpaired) electrons. The molecule has 0 atom stereocenters. The molecule has 6 nitrogen and oxygen atoms in total. The highest BCUT2D eigenvalue weighted by Gasteiger charge is 2.22. The minimum atomic E-state index is -0.600. The van der Waals surface area contributed by atoms with Gasteiger partial charge in [-0.15, -0.1) is 0 Å². The predicted molar refractivity (Wildman–Crippen MR) is 62.1 cm³/mol. The second-order valence-electron chi connectivity index (χ2n) is 3.47. The van der Waals surface area contributed by atoms with Gasteiger partial charge in [0.1, 0.15) is 5.71 Å². The number of aliphatic hydroxyl groups is 1. The van der Waals surface area contributed by atoms with Gasteiger partial charge in [0.05, 0.1) is 5.71 Å². The van der Waals surface area contributed by atoms with Gasteiger partial charge < -0.3 is 5.11 Å². The summed E-state index contributed by atoms with van der Waals surface area (Å²) in [6.45, 7) is 1.83. The van der Waals surface area contributed by atoms with Crippen LogP contribution in [0.5, 0.6) is 0 Å². The third-order valence-corrected chi connectivity index (χ3v) is 2.36. The number of allylic oxidation sites excluding steroid dienone is 4. The predicted octanol–water partition coefficient (Wildman–Crippen LogP) is 1.96. The van der Waals surface area contributed by atoms with Crippen molar-refractivity contribution in [2.45, 2.75) is 13.3 Å². The highest BCUT2D eigenvalue weighted by Crippen LogP contribution is 2.16. The molecule has 0 fully saturated rings. The van der Waals surface area contributed by atoms with Crippen molar-refractivity contribution in [2.75, 3.05) is 0 Å². The summed E-state index contributed by atoms with van der Waals surface area (Å²) in [7, 11) is 0. The van der Waals surface area contributed by atoms with Gasteiger partial charge in [-0.2, -0.15) is 9.98 Å². The van der Waals surface area contributed by atoms with Crippen molar-refractivity contribution in [2.24, 2.45) is 9.98 Å². The van der Waals surface area contributed by atoms with E-state index in [1.165, 1.54) is 24.6 Å². The minimum Gasteiger partial charge on any atom is -0.505 e. The molecule has 0 unspecified atom stereocenters. The number of hydroxylamine groups is 2. The largest absolute Gasteiger partial charge is 0.505 e. The lowest BCUT2D eigenvalue weighted by Crippen LogP contribution is -2.15. The SMILES string of the molecule is CCC1=NC(=O)N=C1C(O)=C1C=CN(O)C=C1. The molecule has 2 rings (SSSR count). The third-order valence-electron chi connectivity index (χ3n) is 2.36. The third kappa shape index (κ3) is 2.16. The molecule has 0 spiro atoms. The molecule has 2 heterocycles. The molecule has 0 saturated carbocycles. The summed E-state index contributed by atoms with van der Waals surface area (Å²) >= 11 is 0. The van der Waals surface area contributed by atoms with Crippen LogP contribution in [-0.4, -0.2) is 32.8 Å². The van der Waals surface area contributed by atoms with Crippen LogP contribution in [0.15, 0.2) is 45.9 Å². The first-order valence-corrected chi connectivity index (χ1v) is 5.09. The maximum Gasteiger partial charge on any atom is 0.368 e. The van der Waals surface area contributed by atoms with Gasteiger partial charge in [0.25, 0.3) is 0 Å². The van der Waals surface area contributed by atoms with Crippen LogP contribution in [-0.2, 0) is 0 Å². The van der Waals surface area contributed by atoms with E-state index in [0.29, 0.717) is 17.7 Å². The molecular formula is C11H11N3O3. The first-order chi connectivity index (χ1) is 8.11. The van der Waals surface area contributed by atoms with E-state index in [2.05, 4.69) is 9.98 Å². The van der Waals surface area contributed by atoms with Crippen molar-refractivity contribution < 1.29 is 15.1 Å². The van der Waals surface area contributed by atoms with Crippen LogP contribution in [0.25, 0.3) is 0 Å². The van der Waals surface area contributed by atoms with Crippen LogP contribution in [0.2, 0.25) is 0 Å². The summed E-state index contributed by atoms with van der Waals surface area (Å²) in [5, 5.41) is 19.9. The quantitative estimate of drug-likeness (QED) is 0.714. The van der Waals surface area contributed by atoms with E-state index in [0.717, 1.165) is 5.06 Å². The topological polar surface area (TPSA) is 85.5 Å². The average Bonchev–Trinajstić information content (AvgIpc) is 2.70. The standard InChI is InChI=1S/C11H11N3O3/c1-2-8-9(13-11(16)12-8)10(15)7-3-5-14(17)6-4-7/h3-6,15,17H,2H2,1H3. The van der Waals surface area contributed by atoms with Gasteiger partial charge in [-0.3, -0.25) is 5.21 Å². The number of nitrogens with zero attached hydrogens (tertiary/aromatic N) is 3. The Balaban J connectivity index is 2.36. The summed E-state index contributed by atoms with van der Waals surface area (Å²) in [4.78, 5) is 18.4. The molecule has 0 bridgehead atoms. The number of amides is 2. The zero-order chi connectivity index (χ0) is 12.4. The van der Waals surface area contributed by atoms with Gasteiger partial charge in [0, 0.05) is 18.0 Å². The molecule has 2 aliphatic rings. The van der Waals surface area contributed by atoms with Crippen LogP contribution < -0.4 is 0 Å². The van der Waals surface area contributed by atoms with Crippen LogP contribution >= 0.6 is 0 Å². The van der Waals surface area contributed by atoms with Gasteiger partial charge in [0.15, 0.2) is 5.76 Å². The van der Waals surface area contributed by atoms with Crippen LogP contribution in [0.4, 0.5) is 4.79 Å². The van der Waals surface area contributed by atoms with Crippen molar-refractivity contribution in [3.8, 4) is 0 Å². The van der Waals surface area contributed by atoms with Crippen LogP contribution in [0.1, 0.15) is 13.3 Å². The van der Waals surface area contributed by atoms with Gasteiger partial charge in [0.2, 0.25) is 0 Å². The van der Waals surface area contributed by atoms with Gasteiger partial charge >= 0.3 is 6.03 Å². The molecule has 2 aliphatic heterocycles. The van der Waals surface area contributed by atoms with Crippen molar-refractivity contribution in [1.82, 2.24) is 5.06 Å². The number of urea groups is 1. The Labute approximate surface area is 97.6 Å². The zero-order valence-corrected chi connectivity index (χ0v) is 9.16. The number of rotatable bonds is 2. The Hall–Kier alpha value is -2.21. The maximum absolute atomic E-state index is 11.1. The highest BCUT2D eigenvalue weighted by atomic mass is 16.5. The summed E-state index contributed by atoms with van der Waals surface area (Å²) in [5.74, 6) is -0.114. The normalized spacial score (nSPS) is 18.6. The minimum absolute atomic E-state index is 0.114. The number of carbonyl (C=O) groups is 1. The van der Waals surface area contributed by atoms with E-state index < -0.39 is 6.03 Å². The molecule has 88 valence electrons. The van der Waals surface area contributed by atoms with Crippen molar-refractivity contribution in [3.05, 3.63) is 35.9 Å². The number of aliphatic imine (C=N–C) groups is 2.